The predicted octanol–water partition coefficient (Wildman–Crippen LogP) is 4.38. The Hall–Kier alpha value is -2.22. The van der Waals surface area contributed by atoms with E-state index < -0.39 is 0 Å². The van der Waals surface area contributed by atoms with Gasteiger partial charge in [0.15, 0.2) is 0 Å². The number of piperidine rings is 1. The van der Waals surface area contributed by atoms with Gasteiger partial charge < -0.3 is 15.0 Å². The second kappa shape index (κ2) is 11.6. The number of nitrogens with zero attached hydrogens (tertiary/aromatic N) is 2. The van der Waals surface area contributed by atoms with E-state index in [1.807, 2.05) is 9.80 Å². The van der Waals surface area contributed by atoms with E-state index in [0.29, 0.717) is 42.0 Å². The molecule has 7 nitrogen and oxygen atoms in total. The van der Waals surface area contributed by atoms with Gasteiger partial charge in [-0.3, -0.25) is 14.5 Å². The number of benzene rings is 1. The first-order valence-electron chi connectivity index (χ1n) is 11.6. The Labute approximate surface area is 195 Å². The molecule has 1 aromatic rings. The number of anilines is 1. The molecule has 2 saturated heterocycles. The Morgan fingerprint density at radius 2 is 1.88 bits per heavy atom. The lowest BCUT2D eigenvalue weighted by Crippen LogP contribution is -2.49. The Kier molecular flexibility index (Phi) is 8.84. The number of carbonyl (C=O) groups is 3. The molecule has 2 fully saturated rings. The molecular formula is C24H35N3O4S. The van der Waals surface area contributed by atoms with Gasteiger partial charge in [-0.25, -0.2) is 4.79 Å². The van der Waals surface area contributed by atoms with Crippen molar-refractivity contribution in [1.82, 2.24) is 9.80 Å². The molecule has 0 spiro atoms. The summed E-state index contributed by atoms with van der Waals surface area (Å²) >= 11 is 1.59. The summed E-state index contributed by atoms with van der Waals surface area (Å²) in [6.07, 6.45) is 4.49. The zero-order valence-electron chi connectivity index (χ0n) is 19.3. The van der Waals surface area contributed by atoms with Gasteiger partial charge in [0, 0.05) is 30.4 Å². The van der Waals surface area contributed by atoms with Crippen molar-refractivity contribution in [3.8, 4) is 0 Å². The number of likely N-dealkylation sites (tertiary alicyclic amines) is 1. The average molecular weight is 462 g/mol. The highest BCUT2D eigenvalue weighted by Gasteiger charge is 2.39. The number of amides is 3. The smallest absolute Gasteiger partial charge is 0.410 e. The summed E-state index contributed by atoms with van der Waals surface area (Å²) < 4.78 is 5.31. The Morgan fingerprint density at radius 1 is 1.19 bits per heavy atom. The van der Waals surface area contributed by atoms with Crippen molar-refractivity contribution in [1.29, 1.82) is 0 Å². The van der Waals surface area contributed by atoms with Crippen LogP contribution in [-0.2, 0) is 9.53 Å². The van der Waals surface area contributed by atoms with Gasteiger partial charge in [-0.15, -0.1) is 11.8 Å². The SMILES string of the molecule is CCCCC1COC(=O)N1C1CCN(C(=O)c2ccc(NC(=O)CSC(C)C)cc2)CC1. The van der Waals surface area contributed by atoms with Crippen LogP contribution >= 0.6 is 11.8 Å². The van der Waals surface area contributed by atoms with Gasteiger partial charge in [0.25, 0.3) is 5.91 Å². The highest BCUT2D eigenvalue weighted by Crippen LogP contribution is 2.27. The third-order valence-electron chi connectivity index (χ3n) is 6.00. The first-order valence-corrected chi connectivity index (χ1v) is 12.7. The van der Waals surface area contributed by atoms with E-state index in [9.17, 15) is 14.4 Å². The average Bonchev–Trinajstić information content (AvgIpc) is 3.16. The molecule has 32 heavy (non-hydrogen) atoms. The summed E-state index contributed by atoms with van der Waals surface area (Å²) in [6, 6.07) is 7.37. The summed E-state index contributed by atoms with van der Waals surface area (Å²) in [4.78, 5) is 41.0. The van der Waals surface area contributed by atoms with E-state index in [1.54, 1.807) is 36.0 Å². The molecule has 3 rings (SSSR count). The van der Waals surface area contributed by atoms with E-state index in [4.69, 9.17) is 4.74 Å². The normalized spacial score (nSPS) is 19.4. The van der Waals surface area contributed by atoms with Gasteiger partial charge in [0.2, 0.25) is 5.91 Å². The number of hydrogen-bond acceptors (Lipinski definition) is 5. The predicted molar refractivity (Wildman–Crippen MR) is 128 cm³/mol. The van der Waals surface area contributed by atoms with Gasteiger partial charge in [-0.05, 0) is 48.8 Å². The number of cyclic esters (lactones) is 1. The quantitative estimate of drug-likeness (QED) is 0.590. The van der Waals surface area contributed by atoms with Crippen molar-refractivity contribution in [2.24, 2.45) is 0 Å². The van der Waals surface area contributed by atoms with E-state index in [1.165, 1.54) is 0 Å². The van der Waals surface area contributed by atoms with Crippen LogP contribution in [0.25, 0.3) is 0 Å². The summed E-state index contributed by atoms with van der Waals surface area (Å²) in [7, 11) is 0. The van der Waals surface area contributed by atoms with Crippen LogP contribution in [0.15, 0.2) is 24.3 Å². The number of unbranched alkanes of at least 4 members (excludes halogenated alkanes) is 1. The van der Waals surface area contributed by atoms with Crippen LogP contribution in [0.5, 0.6) is 0 Å². The molecule has 0 radical (unpaired) electrons. The Balaban J connectivity index is 1.50. The number of rotatable bonds is 9. The molecule has 3 amide bonds. The molecule has 2 aliphatic rings. The van der Waals surface area contributed by atoms with E-state index >= 15 is 0 Å². The Bertz CT molecular complexity index is 791. The van der Waals surface area contributed by atoms with Gasteiger partial charge in [-0.2, -0.15) is 0 Å². The molecule has 0 aromatic heterocycles. The largest absolute Gasteiger partial charge is 0.447 e. The molecule has 1 aromatic carbocycles. The van der Waals surface area contributed by atoms with Gasteiger partial charge >= 0.3 is 6.09 Å². The summed E-state index contributed by atoms with van der Waals surface area (Å²) in [5.41, 5.74) is 1.31. The van der Waals surface area contributed by atoms with Gasteiger partial charge in [-0.1, -0.05) is 33.6 Å². The molecular weight excluding hydrogens is 426 g/mol. The van der Waals surface area contributed by atoms with Gasteiger partial charge in [0.05, 0.1) is 11.8 Å². The minimum Gasteiger partial charge on any atom is -0.447 e. The van der Waals surface area contributed by atoms with Crippen molar-refractivity contribution in [3.63, 3.8) is 0 Å². The minimum atomic E-state index is -0.208. The molecule has 1 N–H and O–H groups in total. The van der Waals surface area contributed by atoms with Crippen LogP contribution in [0.2, 0.25) is 0 Å². The monoisotopic (exact) mass is 461 g/mol. The van der Waals surface area contributed by atoms with Crippen LogP contribution in [0.3, 0.4) is 0 Å². The summed E-state index contributed by atoms with van der Waals surface area (Å²) in [5, 5.41) is 3.27. The van der Waals surface area contributed by atoms with Crippen molar-refractivity contribution in [3.05, 3.63) is 29.8 Å². The molecule has 0 aliphatic carbocycles. The first kappa shape index (κ1) is 24.4. The van der Waals surface area contributed by atoms with Crippen LogP contribution in [-0.4, -0.2) is 70.5 Å². The number of carbonyl (C=O) groups excluding carboxylic acids is 3. The third kappa shape index (κ3) is 6.40. The molecule has 0 saturated carbocycles. The summed E-state index contributed by atoms with van der Waals surface area (Å²) in [6.45, 7) is 8.00. The van der Waals surface area contributed by atoms with Crippen LogP contribution in [0.1, 0.15) is 63.2 Å². The minimum absolute atomic E-state index is 0.0109. The van der Waals surface area contributed by atoms with Crippen molar-refractivity contribution >= 4 is 35.4 Å². The second-order valence-corrected chi connectivity index (χ2v) is 10.4. The molecule has 1 unspecified atom stereocenters. The summed E-state index contributed by atoms with van der Waals surface area (Å²) in [5.74, 6) is 0.364. The lowest BCUT2D eigenvalue weighted by atomic mass is 9.99. The maximum Gasteiger partial charge on any atom is 0.410 e. The van der Waals surface area contributed by atoms with Crippen LogP contribution in [0, 0.1) is 0 Å². The molecule has 1 atom stereocenters. The van der Waals surface area contributed by atoms with Crippen molar-refractivity contribution in [2.75, 3.05) is 30.8 Å². The van der Waals surface area contributed by atoms with E-state index in [0.717, 1.165) is 32.1 Å². The lowest BCUT2D eigenvalue weighted by Gasteiger charge is -2.38. The zero-order valence-corrected chi connectivity index (χ0v) is 20.2. The van der Waals surface area contributed by atoms with Crippen LogP contribution < -0.4 is 5.32 Å². The highest BCUT2D eigenvalue weighted by molar-refractivity contribution is 8.00. The zero-order chi connectivity index (χ0) is 23.1. The fourth-order valence-electron chi connectivity index (χ4n) is 4.25. The number of nitrogens with one attached hydrogen (secondary N) is 1. The molecule has 2 heterocycles. The van der Waals surface area contributed by atoms with Crippen LogP contribution in [0.4, 0.5) is 10.5 Å². The fraction of sp³-hybridized carbons (Fsp3) is 0.625. The second-order valence-electron chi connectivity index (χ2n) is 8.79. The lowest BCUT2D eigenvalue weighted by molar-refractivity contribution is -0.113. The maximum absolute atomic E-state index is 12.9. The van der Waals surface area contributed by atoms with Gasteiger partial charge in [0.1, 0.15) is 6.61 Å². The molecule has 2 aliphatic heterocycles. The number of thioether (sulfide) groups is 1. The number of hydrogen-bond donors (Lipinski definition) is 1. The first-order chi connectivity index (χ1) is 15.4. The van der Waals surface area contributed by atoms with E-state index in [-0.39, 0.29) is 30.0 Å². The maximum atomic E-state index is 12.9. The Morgan fingerprint density at radius 3 is 2.50 bits per heavy atom. The highest BCUT2D eigenvalue weighted by atomic mass is 32.2. The van der Waals surface area contributed by atoms with Crippen molar-refractivity contribution in [2.45, 2.75) is 70.2 Å². The topological polar surface area (TPSA) is 79.0 Å². The van der Waals surface area contributed by atoms with E-state index in [2.05, 4.69) is 26.1 Å². The standard InChI is InChI=1S/C24H35N3O4S/c1-4-5-6-21-15-31-24(30)27(21)20-11-13-26(14-12-20)23(29)18-7-9-19(10-8-18)25-22(28)16-32-17(2)3/h7-10,17,20-21H,4-6,11-16H2,1-3H3,(H,25,28). The molecule has 176 valence electrons. The molecule has 0 bridgehead atoms. The number of ether oxygens (including phenoxy) is 1. The third-order valence-corrected chi connectivity index (χ3v) is 7.10. The van der Waals surface area contributed by atoms with Crippen molar-refractivity contribution < 1.29 is 19.1 Å². The fourth-order valence-corrected chi connectivity index (χ4v) is 4.80. The molecule has 8 heteroatoms.